The van der Waals surface area contributed by atoms with E-state index in [1.54, 1.807) is 11.8 Å². The van der Waals surface area contributed by atoms with Crippen LogP contribution in [0.2, 0.25) is 5.02 Å². The highest BCUT2D eigenvalue weighted by molar-refractivity contribution is 8.14. The number of nitrogens with zero attached hydrogens (tertiary/aromatic N) is 4. The fourth-order valence-corrected chi connectivity index (χ4v) is 5.18. The number of hydrogen-bond donors (Lipinski definition) is 0. The maximum absolute atomic E-state index is 13.3. The number of amidine groups is 1. The summed E-state index contributed by atoms with van der Waals surface area (Å²) in [5.74, 6) is 1.02. The third kappa shape index (κ3) is 4.04. The lowest BCUT2D eigenvalue weighted by molar-refractivity contribution is -0.131. The molecule has 0 bridgehead atoms. The molecular weight excluding hydrogens is 432 g/mol. The second-order valence-corrected chi connectivity index (χ2v) is 9.31. The van der Waals surface area contributed by atoms with Crippen molar-refractivity contribution in [3.8, 4) is 0 Å². The number of anilines is 1. The molecule has 2 aliphatic heterocycles. The van der Waals surface area contributed by atoms with Gasteiger partial charge in [-0.3, -0.25) is 9.69 Å². The first kappa shape index (κ1) is 20.4. The van der Waals surface area contributed by atoms with Gasteiger partial charge in [-0.2, -0.15) is 4.98 Å². The van der Waals surface area contributed by atoms with Gasteiger partial charge in [-0.25, -0.2) is 4.99 Å². The molecule has 1 aromatic heterocycles. The monoisotopic (exact) mass is 454 g/mol. The molecule has 8 heteroatoms. The number of amides is 1. The highest BCUT2D eigenvalue weighted by Crippen LogP contribution is 2.32. The average Bonchev–Trinajstić information content (AvgIpc) is 3.43. The van der Waals surface area contributed by atoms with Crippen LogP contribution in [0.4, 0.5) is 11.7 Å². The van der Waals surface area contributed by atoms with Gasteiger partial charge in [0.15, 0.2) is 10.8 Å². The lowest BCUT2D eigenvalue weighted by Crippen LogP contribution is -2.43. The van der Waals surface area contributed by atoms with Crippen molar-refractivity contribution < 1.29 is 9.21 Å². The molecule has 1 amide bonds. The summed E-state index contributed by atoms with van der Waals surface area (Å²) >= 11 is 7.86. The number of carbonyl (C=O) groups excluding carboxylic acids is 1. The second kappa shape index (κ2) is 8.55. The number of hydrogen-bond acceptors (Lipinski definition) is 6. The Morgan fingerprint density at radius 3 is 2.77 bits per heavy atom. The molecule has 6 nitrogen and oxygen atoms in total. The first-order valence-electron chi connectivity index (χ1n) is 10.5. The van der Waals surface area contributed by atoms with Gasteiger partial charge in [0.05, 0.1) is 5.69 Å². The molecule has 0 aliphatic carbocycles. The van der Waals surface area contributed by atoms with Gasteiger partial charge in [-0.1, -0.05) is 41.6 Å². The lowest BCUT2D eigenvalue weighted by Gasteiger charge is -2.32. The van der Waals surface area contributed by atoms with Crippen LogP contribution in [0.1, 0.15) is 18.4 Å². The Morgan fingerprint density at radius 1 is 1.16 bits per heavy atom. The molecule has 160 valence electrons. The molecule has 2 aromatic carbocycles. The Bertz CT molecular complexity index is 1120. The van der Waals surface area contributed by atoms with Crippen molar-refractivity contribution in [1.29, 1.82) is 0 Å². The summed E-state index contributed by atoms with van der Waals surface area (Å²) in [6, 6.07) is 14.1. The highest BCUT2D eigenvalue weighted by Gasteiger charge is 2.34. The third-order valence-corrected chi connectivity index (χ3v) is 7.26. The Kier molecular flexibility index (Phi) is 5.63. The maximum atomic E-state index is 13.3. The van der Waals surface area contributed by atoms with E-state index >= 15 is 0 Å². The highest BCUT2D eigenvalue weighted by atomic mass is 35.5. The van der Waals surface area contributed by atoms with E-state index in [0.717, 1.165) is 59.2 Å². The van der Waals surface area contributed by atoms with E-state index < -0.39 is 0 Å². The number of aliphatic imine (C=N–C) groups is 1. The molecule has 5 rings (SSSR count). The van der Waals surface area contributed by atoms with Crippen LogP contribution in [0.25, 0.3) is 11.1 Å². The SMILES string of the molecule is Cc1c(Cl)cccc1N=C1SCCN1C(=O)C1CCN(c2nc3ccccc3o2)CC1. The molecule has 2 fully saturated rings. The normalized spacial score (nSPS) is 19.0. The molecule has 3 aromatic rings. The first-order valence-corrected chi connectivity index (χ1v) is 11.8. The first-order chi connectivity index (χ1) is 15.1. The van der Waals surface area contributed by atoms with Crippen LogP contribution in [-0.4, -0.2) is 46.3 Å². The summed E-state index contributed by atoms with van der Waals surface area (Å²) in [4.78, 5) is 26.6. The number of halogens is 1. The zero-order valence-electron chi connectivity index (χ0n) is 17.3. The van der Waals surface area contributed by atoms with Crippen LogP contribution in [-0.2, 0) is 4.79 Å². The minimum atomic E-state index is -0.00927. The fraction of sp³-hybridized carbons (Fsp3) is 0.348. The molecule has 2 aliphatic rings. The van der Waals surface area contributed by atoms with Crippen molar-refractivity contribution in [2.45, 2.75) is 19.8 Å². The Balaban J connectivity index is 1.27. The predicted octanol–water partition coefficient (Wildman–Crippen LogP) is 5.27. The van der Waals surface area contributed by atoms with Crippen LogP contribution < -0.4 is 4.90 Å². The zero-order chi connectivity index (χ0) is 21.4. The van der Waals surface area contributed by atoms with Crippen molar-refractivity contribution in [3.05, 3.63) is 53.1 Å². The molecule has 0 unspecified atom stereocenters. The summed E-state index contributed by atoms with van der Waals surface area (Å²) in [6.45, 7) is 4.16. The van der Waals surface area contributed by atoms with E-state index in [0.29, 0.717) is 17.6 Å². The summed E-state index contributed by atoms with van der Waals surface area (Å²) in [5, 5.41) is 1.46. The standard InChI is InChI=1S/C23H23ClN4O2S/c1-15-17(24)5-4-7-18(15)26-23-28(13-14-31-23)21(29)16-9-11-27(12-10-16)22-25-19-6-2-3-8-20(19)30-22/h2-8,16H,9-14H2,1H3. The quantitative estimate of drug-likeness (QED) is 0.539. The van der Waals surface area contributed by atoms with Crippen LogP contribution in [0.3, 0.4) is 0 Å². The molecule has 2 saturated heterocycles. The summed E-state index contributed by atoms with van der Waals surface area (Å²) in [5.41, 5.74) is 3.41. The summed E-state index contributed by atoms with van der Waals surface area (Å²) in [6.07, 6.45) is 1.56. The molecule has 31 heavy (non-hydrogen) atoms. The molecule has 0 radical (unpaired) electrons. The molecule has 0 spiro atoms. The van der Waals surface area contributed by atoms with E-state index in [2.05, 4.69) is 9.88 Å². The molecule has 3 heterocycles. The number of aromatic nitrogens is 1. The van der Waals surface area contributed by atoms with Crippen molar-refractivity contribution >= 4 is 57.2 Å². The second-order valence-electron chi connectivity index (χ2n) is 7.84. The van der Waals surface area contributed by atoms with E-state index in [9.17, 15) is 4.79 Å². The Hall–Kier alpha value is -2.51. The number of piperidine rings is 1. The number of fused-ring (bicyclic) bond motifs is 1. The van der Waals surface area contributed by atoms with Gasteiger partial charge in [0.25, 0.3) is 6.01 Å². The van der Waals surface area contributed by atoms with Gasteiger partial charge in [0.2, 0.25) is 5.91 Å². The largest absolute Gasteiger partial charge is 0.423 e. The third-order valence-electron chi connectivity index (χ3n) is 5.90. The summed E-state index contributed by atoms with van der Waals surface area (Å²) < 4.78 is 5.89. The van der Waals surface area contributed by atoms with E-state index in [1.807, 2.05) is 54.3 Å². The smallest absolute Gasteiger partial charge is 0.298 e. The molecule has 0 saturated carbocycles. The van der Waals surface area contributed by atoms with Crippen LogP contribution in [0.5, 0.6) is 0 Å². The minimum absolute atomic E-state index is 0.00927. The Morgan fingerprint density at radius 2 is 1.97 bits per heavy atom. The van der Waals surface area contributed by atoms with E-state index in [1.165, 1.54) is 0 Å². The summed E-state index contributed by atoms with van der Waals surface area (Å²) in [7, 11) is 0. The van der Waals surface area contributed by atoms with Crippen LogP contribution in [0, 0.1) is 12.8 Å². The molecule has 0 atom stereocenters. The fourth-order valence-electron chi connectivity index (χ4n) is 4.05. The van der Waals surface area contributed by atoms with E-state index in [4.69, 9.17) is 21.0 Å². The Labute approximate surface area is 190 Å². The number of rotatable bonds is 3. The van der Waals surface area contributed by atoms with Crippen molar-refractivity contribution in [2.75, 3.05) is 30.3 Å². The van der Waals surface area contributed by atoms with Gasteiger partial charge < -0.3 is 9.32 Å². The van der Waals surface area contributed by atoms with Gasteiger partial charge in [0.1, 0.15) is 5.52 Å². The number of thioether (sulfide) groups is 1. The van der Waals surface area contributed by atoms with Gasteiger partial charge in [-0.05, 0) is 49.6 Å². The van der Waals surface area contributed by atoms with Gasteiger partial charge in [-0.15, -0.1) is 0 Å². The average molecular weight is 455 g/mol. The molecular formula is C23H23ClN4O2S. The number of benzene rings is 2. The number of oxazole rings is 1. The van der Waals surface area contributed by atoms with Crippen LogP contribution in [0.15, 0.2) is 51.9 Å². The van der Waals surface area contributed by atoms with Gasteiger partial charge >= 0.3 is 0 Å². The molecule has 0 N–H and O–H groups in total. The zero-order valence-corrected chi connectivity index (χ0v) is 18.8. The van der Waals surface area contributed by atoms with Gasteiger partial charge in [0, 0.05) is 36.3 Å². The number of para-hydroxylation sites is 2. The van der Waals surface area contributed by atoms with Crippen LogP contribution >= 0.6 is 23.4 Å². The maximum Gasteiger partial charge on any atom is 0.298 e. The van der Waals surface area contributed by atoms with E-state index in [-0.39, 0.29) is 11.8 Å². The number of carbonyl (C=O) groups is 1. The lowest BCUT2D eigenvalue weighted by atomic mass is 9.95. The topological polar surface area (TPSA) is 61.9 Å². The van der Waals surface area contributed by atoms with Crippen molar-refractivity contribution in [1.82, 2.24) is 9.88 Å². The minimum Gasteiger partial charge on any atom is -0.423 e. The van der Waals surface area contributed by atoms with Crippen molar-refractivity contribution in [3.63, 3.8) is 0 Å². The van der Waals surface area contributed by atoms with Crippen molar-refractivity contribution in [2.24, 2.45) is 10.9 Å². The predicted molar refractivity (Wildman–Crippen MR) is 126 cm³/mol.